The fraction of sp³-hybridized carbons (Fsp3) is 0.290. The number of carbonyl (C=O) groups excluding carboxylic acids is 2. The Labute approximate surface area is 228 Å². The van der Waals surface area contributed by atoms with Gasteiger partial charge in [-0.1, -0.05) is 67.8 Å². The number of likely N-dealkylation sites (tertiary alicyclic amines) is 1. The molecule has 6 nitrogen and oxygen atoms in total. The van der Waals surface area contributed by atoms with E-state index in [-0.39, 0.29) is 17.9 Å². The molecule has 1 heterocycles. The molecular weight excluding hydrogens is 502 g/mol. The Morgan fingerprint density at radius 1 is 0.921 bits per heavy atom. The molecule has 1 fully saturated rings. The number of carbonyl (C=O) groups is 2. The van der Waals surface area contributed by atoms with Crippen molar-refractivity contribution in [1.82, 2.24) is 4.90 Å². The number of halogens is 1. The zero-order valence-electron chi connectivity index (χ0n) is 21.7. The Kier molecular flexibility index (Phi) is 9.08. The largest absolute Gasteiger partial charge is 0.507 e. The van der Waals surface area contributed by atoms with Crippen LogP contribution in [0.4, 0.5) is 0 Å². The molecule has 0 aliphatic carbocycles. The van der Waals surface area contributed by atoms with Gasteiger partial charge < -0.3 is 19.5 Å². The standard InChI is InChI=1S/C31H32ClNO5/c1-3-5-9-18-38-25-17-14-23(19-26(25)37-4-2)28-27(29(34)22-12-15-24(32)16-13-22)30(35)31(36)33(28)20-21-10-7-6-8-11-21/h6-8,10-17,19,28,34H,3-5,9,18,20H2,1-2H3/b29-27+. The number of nitrogens with zero attached hydrogens (tertiary/aromatic N) is 1. The van der Waals surface area contributed by atoms with Gasteiger partial charge in [-0.05, 0) is 60.9 Å². The second kappa shape index (κ2) is 12.7. The van der Waals surface area contributed by atoms with Crippen LogP contribution in [-0.2, 0) is 16.1 Å². The van der Waals surface area contributed by atoms with Gasteiger partial charge in [0.1, 0.15) is 5.76 Å². The molecule has 1 N–H and O–H groups in total. The van der Waals surface area contributed by atoms with Crippen LogP contribution in [0.15, 0.2) is 78.4 Å². The number of Topliss-reactive ketones (excluding diaryl/α,β-unsaturated/α-hetero) is 1. The van der Waals surface area contributed by atoms with Crippen LogP contribution >= 0.6 is 11.6 Å². The lowest BCUT2D eigenvalue weighted by molar-refractivity contribution is -0.140. The average molecular weight is 534 g/mol. The van der Waals surface area contributed by atoms with Gasteiger partial charge in [0.15, 0.2) is 11.5 Å². The van der Waals surface area contributed by atoms with E-state index in [1.54, 1.807) is 36.4 Å². The molecule has 3 aromatic carbocycles. The normalized spacial score (nSPS) is 16.6. The first-order chi connectivity index (χ1) is 18.4. The van der Waals surface area contributed by atoms with E-state index in [0.29, 0.717) is 40.9 Å². The van der Waals surface area contributed by atoms with E-state index in [9.17, 15) is 14.7 Å². The number of amides is 1. The van der Waals surface area contributed by atoms with Crippen LogP contribution in [-0.4, -0.2) is 34.9 Å². The smallest absolute Gasteiger partial charge is 0.295 e. The number of rotatable bonds is 11. The Bertz CT molecular complexity index is 1300. The number of aliphatic hydroxyl groups excluding tert-OH is 1. The summed E-state index contributed by atoms with van der Waals surface area (Å²) in [5, 5.41) is 11.8. The van der Waals surface area contributed by atoms with Gasteiger partial charge in [-0.25, -0.2) is 0 Å². The van der Waals surface area contributed by atoms with Gasteiger partial charge in [-0.2, -0.15) is 0 Å². The summed E-state index contributed by atoms with van der Waals surface area (Å²) in [5.41, 5.74) is 1.93. The van der Waals surface area contributed by atoms with E-state index in [0.717, 1.165) is 24.8 Å². The Morgan fingerprint density at radius 2 is 1.66 bits per heavy atom. The second-order valence-corrected chi connectivity index (χ2v) is 9.55. The van der Waals surface area contributed by atoms with Crippen LogP contribution in [0.2, 0.25) is 5.02 Å². The number of aliphatic hydroxyl groups is 1. The molecule has 3 aromatic rings. The maximum absolute atomic E-state index is 13.4. The molecule has 0 spiro atoms. The fourth-order valence-corrected chi connectivity index (χ4v) is 4.68. The molecule has 0 bridgehead atoms. The van der Waals surface area contributed by atoms with Crippen molar-refractivity contribution in [2.45, 2.75) is 45.7 Å². The lowest BCUT2D eigenvalue weighted by Gasteiger charge is -2.26. The highest BCUT2D eigenvalue weighted by atomic mass is 35.5. The van der Waals surface area contributed by atoms with Crippen molar-refractivity contribution in [2.24, 2.45) is 0 Å². The average Bonchev–Trinajstić information content (AvgIpc) is 3.17. The summed E-state index contributed by atoms with van der Waals surface area (Å²) in [7, 11) is 0. The quantitative estimate of drug-likeness (QED) is 0.125. The first kappa shape index (κ1) is 27.3. The molecule has 1 aliphatic heterocycles. The van der Waals surface area contributed by atoms with Crippen LogP contribution < -0.4 is 9.47 Å². The highest BCUT2D eigenvalue weighted by Crippen LogP contribution is 2.43. The predicted molar refractivity (Wildman–Crippen MR) is 148 cm³/mol. The number of ether oxygens (including phenoxy) is 2. The summed E-state index contributed by atoms with van der Waals surface area (Å²) in [6, 6.07) is 20.6. The van der Waals surface area contributed by atoms with Crippen molar-refractivity contribution in [3.63, 3.8) is 0 Å². The maximum Gasteiger partial charge on any atom is 0.295 e. The highest BCUT2D eigenvalue weighted by molar-refractivity contribution is 6.46. The number of ketones is 1. The van der Waals surface area contributed by atoms with E-state index in [1.807, 2.05) is 43.3 Å². The molecule has 0 radical (unpaired) electrons. The van der Waals surface area contributed by atoms with E-state index >= 15 is 0 Å². The monoisotopic (exact) mass is 533 g/mol. The summed E-state index contributed by atoms with van der Waals surface area (Å²) in [4.78, 5) is 28.2. The molecular formula is C31H32ClNO5. The van der Waals surface area contributed by atoms with Crippen molar-refractivity contribution in [1.29, 1.82) is 0 Å². The third kappa shape index (κ3) is 6.03. The van der Waals surface area contributed by atoms with Gasteiger partial charge in [0.25, 0.3) is 11.7 Å². The summed E-state index contributed by atoms with van der Waals surface area (Å²) in [6.07, 6.45) is 3.09. The maximum atomic E-state index is 13.4. The fourth-order valence-electron chi connectivity index (χ4n) is 4.55. The molecule has 4 rings (SSSR count). The SMILES string of the molecule is CCCCCOc1ccc(C2/C(=C(\O)c3ccc(Cl)cc3)C(=O)C(=O)N2Cc2ccccc2)cc1OCC. The van der Waals surface area contributed by atoms with Crippen LogP contribution in [0.25, 0.3) is 5.76 Å². The number of unbranched alkanes of at least 4 members (excludes halogenated alkanes) is 2. The van der Waals surface area contributed by atoms with E-state index in [4.69, 9.17) is 21.1 Å². The van der Waals surface area contributed by atoms with Gasteiger partial charge in [0.2, 0.25) is 0 Å². The van der Waals surface area contributed by atoms with Crippen molar-refractivity contribution < 1.29 is 24.2 Å². The number of hydrogen-bond donors (Lipinski definition) is 1. The number of benzene rings is 3. The molecule has 1 saturated heterocycles. The highest BCUT2D eigenvalue weighted by Gasteiger charge is 2.46. The third-order valence-electron chi connectivity index (χ3n) is 6.44. The minimum absolute atomic E-state index is 0.0207. The van der Waals surface area contributed by atoms with Crippen LogP contribution in [0.3, 0.4) is 0 Å². The second-order valence-electron chi connectivity index (χ2n) is 9.11. The Morgan fingerprint density at radius 3 is 2.34 bits per heavy atom. The topological polar surface area (TPSA) is 76.1 Å². The van der Waals surface area contributed by atoms with Crippen molar-refractivity contribution in [3.8, 4) is 11.5 Å². The van der Waals surface area contributed by atoms with Crippen LogP contribution in [0.1, 0.15) is 55.8 Å². The van der Waals surface area contributed by atoms with Crippen molar-refractivity contribution in [3.05, 3.63) is 100 Å². The predicted octanol–water partition coefficient (Wildman–Crippen LogP) is 6.93. The Hall–Kier alpha value is -3.77. The Balaban J connectivity index is 1.80. The van der Waals surface area contributed by atoms with Crippen molar-refractivity contribution in [2.75, 3.05) is 13.2 Å². The van der Waals surface area contributed by atoms with Gasteiger partial charge in [0.05, 0.1) is 24.8 Å². The lowest BCUT2D eigenvalue weighted by atomic mass is 9.94. The molecule has 0 saturated carbocycles. The molecule has 1 aliphatic rings. The summed E-state index contributed by atoms with van der Waals surface area (Å²) < 4.78 is 11.9. The summed E-state index contributed by atoms with van der Waals surface area (Å²) >= 11 is 6.03. The molecule has 7 heteroatoms. The van der Waals surface area contributed by atoms with Gasteiger partial charge in [0, 0.05) is 17.1 Å². The van der Waals surface area contributed by atoms with Gasteiger partial charge >= 0.3 is 0 Å². The van der Waals surface area contributed by atoms with E-state index in [1.165, 1.54) is 4.90 Å². The molecule has 38 heavy (non-hydrogen) atoms. The molecule has 0 aromatic heterocycles. The molecule has 1 unspecified atom stereocenters. The van der Waals surface area contributed by atoms with Gasteiger partial charge in [-0.15, -0.1) is 0 Å². The summed E-state index contributed by atoms with van der Waals surface area (Å²) in [5.74, 6) is -0.537. The van der Waals surface area contributed by atoms with E-state index in [2.05, 4.69) is 6.92 Å². The van der Waals surface area contributed by atoms with Crippen LogP contribution in [0.5, 0.6) is 11.5 Å². The number of hydrogen-bond acceptors (Lipinski definition) is 5. The molecule has 1 amide bonds. The zero-order valence-corrected chi connectivity index (χ0v) is 22.4. The van der Waals surface area contributed by atoms with Crippen molar-refractivity contribution >= 4 is 29.1 Å². The first-order valence-corrected chi connectivity index (χ1v) is 13.3. The first-order valence-electron chi connectivity index (χ1n) is 12.9. The minimum atomic E-state index is -0.820. The third-order valence-corrected chi connectivity index (χ3v) is 6.69. The van der Waals surface area contributed by atoms with Crippen LogP contribution in [0, 0.1) is 0 Å². The zero-order chi connectivity index (χ0) is 27.1. The minimum Gasteiger partial charge on any atom is -0.507 e. The summed E-state index contributed by atoms with van der Waals surface area (Å²) in [6.45, 7) is 5.21. The van der Waals surface area contributed by atoms with Gasteiger partial charge in [-0.3, -0.25) is 9.59 Å². The molecule has 1 atom stereocenters. The lowest BCUT2D eigenvalue weighted by Crippen LogP contribution is -2.29. The van der Waals surface area contributed by atoms with E-state index < -0.39 is 17.7 Å². The molecule has 198 valence electrons.